The Balaban J connectivity index is 2.02. The molecular formula is C22H29N3O5S. The van der Waals surface area contributed by atoms with Crippen LogP contribution in [0, 0.1) is 0 Å². The number of benzene rings is 1. The zero-order valence-corrected chi connectivity index (χ0v) is 19.2. The van der Waals surface area contributed by atoms with E-state index < -0.39 is 5.97 Å². The number of unbranched alkanes of at least 4 members (excludes halogenated alkanes) is 1. The minimum absolute atomic E-state index is 0.129. The highest BCUT2D eigenvalue weighted by Gasteiger charge is 2.13. The first kappa shape index (κ1) is 24.2. The van der Waals surface area contributed by atoms with Crippen molar-refractivity contribution >= 4 is 29.5 Å². The van der Waals surface area contributed by atoms with E-state index in [0.29, 0.717) is 29.0 Å². The van der Waals surface area contributed by atoms with Crippen molar-refractivity contribution in [2.24, 2.45) is 5.10 Å². The molecule has 1 heterocycles. The number of nitrogens with one attached hydrogen (secondary N) is 1. The van der Waals surface area contributed by atoms with E-state index in [-0.39, 0.29) is 12.4 Å². The highest BCUT2D eigenvalue weighted by atomic mass is 32.1. The van der Waals surface area contributed by atoms with Crippen molar-refractivity contribution in [3.8, 4) is 11.5 Å². The molecule has 2 rings (SSSR count). The van der Waals surface area contributed by atoms with Crippen LogP contribution in [0.25, 0.3) is 0 Å². The Kier molecular flexibility index (Phi) is 9.83. The SMILES string of the molecule is CCCCNC(=S)N(C)/N=C/c1ccc(OCc2ccc(C(=O)OC)o2)c(OCC)c1. The van der Waals surface area contributed by atoms with E-state index in [2.05, 4.69) is 22.1 Å². The lowest BCUT2D eigenvalue weighted by atomic mass is 10.2. The number of hydrogen-bond acceptors (Lipinski definition) is 7. The Labute approximate surface area is 188 Å². The van der Waals surface area contributed by atoms with Crippen LogP contribution in [0.1, 0.15) is 48.6 Å². The molecule has 0 aliphatic heterocycles. The van der Waals surface area contributed by atoms with Crippen LogP contribution in [0.15, 0.2) is 39.9 Å². The van der Waals surface area contributed by atoms with Gasteiger partial charge in [0.1, 0.15) is 12.4 Å². The maximum atomic E-state index is 11.5. The molecule has 0 saturated carbocycles. The van der Waals surface area contributed by atoms with Crippen molar-refractivity contribution < 1.29 is 23.4 Å². The summed E-state index contributed by atoms with van der Waals surface area (Å²) in [5.41, 5.74) is 0.838. The highest BCUT2D eigenvalue weighted by Crippen LogP contribution is 2.29. The minimum Gasteiger partial charge on any atom is -0.490 e. The second kappa shape index (κ2) is 12.6. The Morgan fingerprint density at radius 1 is 1.23 bits per heavy atom. The van der Waals surface area contributed by atoms with E-state index in [1.54, 1.807) is 36.5 Å². The minimum atomic E-state index is -0.532. The van der Waals surface area contributed by atoms with Crippen LogP contribution in [0.3, 0.4) is 0 Å². The maximum absolute atomic E-state index is 11.5. The van der Waals surface area contributed by atoms with Gasteiger partial charge in [0.25, 0.3) is 0 Å². The van der Waals surface area contributed by atoms with Crippen molar-refractivity contribution in [1.29, 1.82) is 0 Å². The number of furan rings is 1. The molecule has 0 aliphatic carbocycles. The predicted molar refractivity (Wildman–Crippen MR) is 123 cm³/mol. The van der Waals surface area contributed by atoms with Gasteiger partial charge in [0.15, 0.2) is 16.6 Å². The summed E-state index contributed by atoms with van der Waals surface area (Å²) >= 11 is 5.32. The topological polar surface area (TPSA) is 85.5 Å². The van der Waals surface area contributed by atoms with Crippen molar-refractivity contribution in [1.82, 2.24) is 10.3 Å². The summed E-state index contributed by atoms with van der Waals surface area (Å²) in [5, 5.41) is 9.73. The number of rotatable bonds is 11. The van der Waals surface area contributed by atoms with Gasteiger partial charge < -0.3 is 23.9 Å². The van der Waals surface area contributed by atoms with E-state index in [9.17, 15) is 4.79 Å². The van der Waals surface area contributed by atoms with E-state index >= 15 is 0 Å². The van der Waals surface area contributed by atoms with Gasteiger partial charge in [-0.1, -0.05) is 13.3 Å². The molecule has 0 amide bonds. The standard InChI is InChI=1S/C22H29N3O5S/c1-5-7-12-23-22(31)25(3)24-14-16-8-10-18(20(13-16)28-6-2)29-15-17-9-11-19(30-17)21(26)27-4/h8-11,13-14H,5-7,12,15H2,1-4H3,(H,23,31)/b24-14+. The molecule has 1 N–H and O–H groups in total. The molecule has 0 atom stereocenters. The third kappa shape index (κ3) is 7.60. The van der Waals surface area contributed by atoms with Gasteiger partial charge in [0, 0.05) is 13.6 Å². The number of nitrogens with zero attached hydrogens (tertiary/aromatic N) is 2. The van der Waals surface area contributed by atoms with E-state index in [0.717, 1.165) is 24.9 Å². The quantitative estimate of drug-likeness (QED) is 0.182. The molecule has 1 aromatic heterocycles. The fraction of sp³-hybridized carbons (Fsp3) is 0.409. The van der Waals surface area contributed by atoms with Crippen LogP contribution in [-0.2, 0) is 11.3 Å². The third-order valence-electron chi connectivity index (χ3n) is 4.17. The van der Waals surface area contributed by atoms with Crippen LogP contribution in [0.5, 0.6) is 11.5 Å². The number of ether oxygens (including phenoxy) is 3. The fourth-order valence-electron chi connectivity index (χ4n) is 2.50. The maximum Gasteiger partial charge on any atom is 0.373 e. The molecule has 2 aromatic rings. The van der Waals surface area contributed by atoms with E-state index in [1.807, 2.05) is 19.1 Å². The summed E-state index contributed by atoms with van der Waals surface area (Å²) in [6.07, 6.45) is 3.86. The van der Waals surface area contributed by atoms with E-state index in [4.69, 9.17) is 26.1 Å². The molecule has 0 unspecified atom stereocenters. The molecule has 0 spiro atoms. The molecular weight excluding hydrogens is 418 g/mol. The zero-order valence-electron chi connectivity index (χ0n) is 18.3. The number of hydrazone groups is 1. The molecule has 0 radical (unpaired) electrons. The van der Waals surface area contributed by atoms with Crippen molar-refractivity contribution in [2.45, 2.75) is 33.3 Å². The second-order valence-electron chi connectivity index (χ2n) is 6.54. The van der Waals surface area contributed by atoms with Gasteiger partial charge in [-0.3, -0.25) is 0 Å². The molecule has 8 nitrogen and oxygen atoms in total. The van der Waals surface area contributed by atoms with Gasteiger partial charge in [0.2, 0.25) is 5.76 Å². The number of methoxy groups -OCH3 is 1. The lowest BCUT2D eigenvalue weighted by Gasteiger charge is -2.15. The molecule has 0 saturated heterocycles. The van der Waals surface area contributed by atoms with Crippen LogP contribution < -0.4 is 14.8 Å². The molecule has 31 heavy (non-hydrogen) atoms. The number of carbonyl (C=O) groups is 1. The van der Waals surface area contributed by atoms with Gasteiger partial charge in [-0.25, -0.2) is 9.80 Å². The first-order valence-electron chi connectivity index (χ1n) is 10.1. The fourth-order valence-corrected chi connectivity index (χ4v) is 2.65. The van der Waals surface area contributed by atoms with Crippen LogP contribution in [-0.4, -0.2) is 49.6 Å². The van der Waals surface area contributed by atoms with Gasteiger partial charge >= 0.3 is 5.97 Å². The van der Waals surface area contributed by atoms with Crippen LogP contribution in [0.4, 0.5) is 0 Å². The molecule has 168 valence electrons. The van der Waals surface area contributed by atoms with Gasteiger partial charge in [-0.05, 0) is 61.5 Å². The average Bonchev–Trinajstić information content (AvgIpc) is 3.25. The molecule has 0 bridgehead atoms. The van der Waals surface area contributed by atoms with Crippen molar-refractivity contribution in [3.63, 3.8) is 0 Å². The van der Waals surface area contributed by atoms with Crippen LogP contribution >= 0.6 is 12.2 Å². The Hall–Kier alpha value is -3.07. The number of carbonyl (C=O) groups excluding carboxylic acids is 1. The van der Waals surface area contributed by atoms with Gasteiger partial charge in [0.05, 0.1) is 19.9 Å². The van der Waals surface area contributed by atoms with Gasteiger partial charge in [-0.15, -0.1) is 0 Å². The smallest absolute Gasteiger partial charge is 0.373 e. The lowest BCUT2D eigenvalue weighted by Crippen LogP contribution is -2.34. The monoisotopic (exact) mass is 447 g/mol. The summed E-state index contributed by atoms with van der Waals surface area (Å²) in [6, 6.07) is 8.72. The third-order valence-corrected chi connectivity index (χ3v) is 4.57. The number of hydrogen-bond donors (Lipinski definition) is 1. The van der Waals surface area contributed by atoms with Gasteiger partial charge in [-0.2, -0.15) is 5.10 Å². The Morgan fingerprint density at radius 3 is 2.74 bits per heavy atom. The second-order valence-corrected chi connectivity index (χ2v) is 6.93. The summed E-state index contributed by atoms with van der Waals surface area (Å²) in [6.45, 7) is 5.48. The number of esters is 1. The molecule has 0 fully saturated rings. The summed E-state index contributed by atoms with van der Waals surface area (Å²) in [7, 11) is 3.10. The molecule has 9 heteroatoms. The predicted octanol–water partition coefficient (Wildman–Crippen LogP) is 3.98. The normalized spacial score (nSPS) is 10.7. The van der Waals surface area contributed by atoms with Crippen LogP contribution in [0.2, 0.25) is 0 Å². The summed E-state index contributed by atoms with van der Waals surface area (Å²) in [5.74, 6) is 1.23. The summed E-state index contributed by atoms with van der Waals surface area (Å²) in [4.78, 5) is 11.5. The molecule has 1 aromatic carbocycles. The lowest BCUT2D eigenvalue weighted by molar-refractivity contribution is 0.0561. The zero-order chi connectivity index (χ0) is 22.6. The highest BCUT2D eigenvalue weighted by molar-refractivity contribution is 7.80. The Bertz CT molecular complexity index is 897. The first-order chi connectivity index (χ1) is 15.0. The van der Waals surface area contributed by atoms with Crippen molar-refractivity contribution in [3.05, 3.63) is 47.4 Å². The van der Waals surface area contributed by atoms with Crippen molar-refractivity contribution in [2.75, 3.05) is 27.3 Å². The van der Waals surface area contributed by atoms with E-state index in [1.165, 1.54) is 7.11 Å². The molecule has 0 aliphatic rings. The average molecular weight is 448 g/mol. The Morgan fingerprint density at radius 2 is 2.03 bits per heavy atom. The largest absolute Gasteiger partial charge is 0.490 e. The number of thiocarbonyl (C=S) groups is 1. The summed E-state index contributed by atoms with van der Waals surface area (Å²) < 4.78 is 21.6. The first-order valence-corrected chi connectivity index (χ1v) is 10.5.